The average Bonchev–Trinajstić information content (AvgIpc) is 3.22. The van der Waals surface area contributed by atoms with E-state index in [9.17, 15) is 34.8 Å². The predicted molar refractivity (Wildman–Crippen MR) is 120 cm³/mol. The first-order chi connectivity index (χ1) is 16.7. The van der Waals surface area contributed by atoms with Crippen molar-refractivity contribution in [2.45, 2.75) is 29.3 Å². The van der Waals surface area contributed by atoms with Crippen LogP contribution in [-0.4, -0.2) is 54.6 Å². The second-order valence-electron chi connectivity index (χ2n) is 6.72. The molecule has 0 bridgehead atoms. The van der Waals surface area contributed by atoms with E-state index in [2.05, 4.69) is 24.1 Å². The number of rotatable bonds is 8. The Morgan fingerprint density at radius 3 is 2.50 bits per heavy atom. The SMILES string of the molecule is CCS(=O)(=O)c1cc(/C(=N/OCC(F)(F)F)SC)cnc1-c1nc2cc(SOC(F)(F)F)ccc2o1. The van der Waals surface area contributed by atoms with Crippen molar-refractivity contribution < 1.29 is 48.2 Å². The molecule has 2 aromatic heterocycles. The van der Waals surface area contributed by atoms with E-state index in [4.69, 9.17) is 4.42 Å². The van der Waals surface area contributed by atoms with E-state index in [1.807, 2.05) is 0 Å². The van der Waals surface area contributed by atoms with Gasteiger partial charge in [0.2, 0.25) is 12.5 Å². The quantitative estimate of drug-likeness (QED) is 0.108. The van der Waals surface area contributed by atoms with Crippen LogP contribution < -0.4 is 0 Å². The Bertz CT molecular complexity index is 1370. The van der Waals surface area contributed by atoms with Gasteiger partial charge in [-0.1, -0.05) is 12.1 Å². The Balaban J connectivity index is 2.02. The number of oxazole rings is 1. The maximum atomic E-state index is 12.8. The monoisotopic (exact) mass is 575 g/mol. The van der Waals surface area contributed by atoms with Gasteiger partial charge in [0.1, 0.15) is 16.3 Å². The van der Waals surface area contributed by atoms with E-state index in [0.717, 1.165) is 24.0 Å². The molecule has 3 rings (SSSR count). The summed E-state index contributed by atoms with van der Waals surface area (Å²) in [6.45, 7) is -0.266. The summed E-state index contributed by atoms with van der Waals surface area (Å²) in [5.74, 6) is -0.588. The third-order valence-electron chi connectivity index (χ3n) is 4.18. The molecule has 0 spiro atoms. The third-order valence-corrected chi connectivity index (χ3v) is 7.33. The van der Waals surface area contributed by atoms with Gasteiger partial charge in [-0.2, -0.15) is 13.2 Å². The number of oxime groups is 1. The molecule has 36 heavy (non-hydrogen) atoms. The molecule has 0 N–H and O–H groups in total. The van der Waals surface area contributed by atoms with E-state index in [-0.39, 0.29) is 60.9 Å². The summed E-state index contributed by atoms with van der Waals surface area (Å²) in [5, 5.41) is 3.36. The summed E-state index contributed by atoms with van der Waals surface area (Å²) in [5.41, 5.74) is 0.117. The van der Waals surface area contributed by atoms with Crippen molar-refractivity contribution in [3.63, 3.8) is 0 Å². The van der Waals surface area contributed by atoms with Crippen LogP contribution in [-0.2, 0) is 18.9 Å². The fourth-order valence-electron chi connectivity index (χ4n) is 2.64. The van der Waals surface area contributed by atoms with Crippen LogP contribution in [0.15, 0.2) is 49.8 Å². The molecule has 2 heterocycles. The number of pyridine rings is 1. The molecular formula is C19H15F6N3O5S3. The molecule has 8 nitrogen and oxygen atoms in total. The number of halogens is 6. The molecule has 0 unspecified atom stereocenters. The molecule has 196 valence electrons. The fourth-order valence-corrected chi connectivity index (χ4v) is 4.64. The highest BCUT2D eigenvalue weighted by molar-refractivity contribution is 8.13. The van der Waals surface area contributed by atoms with E-state index >= 15 is 0 Å². The summed E-state index contributed by atoms with van der Waals surface area (Å²) < 4.78 is 109. The highest BCUT2D eigenvalue weighted by Gasteiger charge is 2.31. The summed E-state index contributed by atoms with van der Waals surface area (Å²) in [6.07, 6.45) is -6.82. The number of alkyl halides is 6. The molecule has 0 fully saturated rings. The van der Waals surface area contributed by atoms with Gasteiger partial charge in [-0.05, 0) is 30.5 Å². The Labute approximate surface area is 208 Å². The van der Waals surface area contributed by atoms with Crippen LogP contribution in [0.4, 0.5) is 26.3 Å². The first-order valence-electron chi connectivity index (χ1n) is 9.59. The second-order valence-corrected chi connectivity index (χ2v) is 10.6. The van der Waals surface area contributed by atoms with Gasteiger partial charge in [-0.25, -0.2) is 22.6 Å². The van der Waals surface area contributed by atoms with Crippen molar-refractivity contribution in [1.29, 1.82) is 0 Å². The molecule has 0 amide bonds. The number of benzene rings is 1. The zero-order valence-corrected chi connectivity index (χ0v) is 20.6. The first-order valence-corrected chi connectivity index (χ1v) is 13.2. The number of thioether (sulfide) groups is 1. The van der Waals surface area contributed by atoms with E-state index in [0.29, 0.717) is 0 Å². The number of sulfone groups is 1. The molecule has 3 aromatic rings. The van der Waals surface area contributed by atoms with Crippen LogP contribution in [0, 0.1) is 0 Å². The van der Waals surface area contributed by atoms with Crippen molar-refractivity contribution in [2.24, 2.45) is 5.16 Å². The largest absolute Gasteiger partial charge is 0.533 e. The minimum absolute atomic E-state index is 0.0579. The molecule has 0 aliphatic carbocycles. The lowest BCUT2D eigenvalue weighted by atomic mass is 10.2. The summed E-state index contributed by atoms with van der Waals surface area (Å²) in [7, 11) is -3.95. The normalized spacial score (nSPS) is 13.4. The lowest BCUT2D eigenvalue weighted by Gasteiger charge is -2.10. The standard InChI is InChI=1S/C19H15F6N3O5S3/c1-3-36(29,30)14-6-10(17(34-2)28-31-9-18(20,21)22)8-26-15(14)16-27-12-7-11(4-5-13(12)32-16)35-33-19(23,24)25/h4-8H,3,9H2,1-2H3/b28-17-. The van der Waals surface area contributed by atoms with Gasteiger partial charge >= 0.3 is 12.5 Å². The average molecular weight is 576 g/mol. The minimum Gasteiger partial charge on any atom is -0.435 e. The van der Waals surface area contributed by atoms with Crippen LogP contribution in [0.1, 0.15) is 12.5 Å². The fraction of sp³-hybridized carbons (Fsp3) is 0.316. The van der Waals surface area contributed by atoms with Crippen LogP contribution in [0.5, 0.6) is 0 Å². The highest BCUT2D eigenvalue weighted by Crippen LogP contribution is 2.34. The lowest BCUT2D eigenvalue weighted by Crippen LogP contribution is -2.15. The summed E-state index contributed by atoms with van der Waals surface area (Å²) in [6, 6.07) is 5.02. The number of fused-ring (bicyclic) bond motifs is 1. The Morgan fingerprint density at radius 2 is 1.89 bits per heavy atom. The Morgan fingerprint density at radius 1 is 1.17 bits per heavy atom. The predicted octanol–water partition coefficient (Wildman–Crippen LogP) is 5.83. The minimum atomic E-state index is -4.86. The molecule has 1 aromatic carbocycles. The molecule has 17 heteroatoms. The van der Waals surface area contributed by atoms with Crippen molar-refractivity contribution in [3.05, 3.63) is 36.0 Å². The van der Waals surface area contributed by atoms with Gasteiger partial charge in [0.15, 0.2) is 15.4 Å². The van der Waals surface area contributed by atoms with Crippen molar-refractivity contribution >= 4 is 49.8 Å². The van der Waals surface area contributed by atoms with Crippen LogP contribution >= 0.6 is 23.8 Å². The first kappa shape index (κ1) is 28.1. The molecule has 0 aliphatic heterocycles. The maximum absolute atomic E-state index is 12.8. The number of hydrogen-bond acceptors (Lipinski definition) is 10. The molecule has 0 saturated carbocycles. The van der Waals surface area contributed by atoms with Crippen LogP contribution in [0.3, 0.4) is 0 Å². The highest BCUT2D eigenvalue weighted by atomic mass is 32.2. The smallest absolute Gasteiger partial charge is 0.435 e. The van der Waals surface area contributed by atoms with E-state index in [1.54, 1.807) is 0 Å². The van der Waals surface area contributed by atoms with Crippen LogP contribution in [0.2, 0.25) is 0 Å². The molecule has 0 atom stereocenters. The Hall–Kier alpha value is -2.50. The van der Waals surface area contributed by atoms with Crippen molar-refractivity contribution in [2.75, 3.05) is 18.6 Å². The van der Waals surface area contributed by atoms with Gasteiger partial charge in [0.05, 0.1) is 10.6 Å². The molecule has 0 saturated heterocycles. The number of nitrogens with zero attached hydrogens (tertiary/aromatic N) is 3. The van der Waals surface area contributed by atoms with Gasteiger partial charge in [-0.15, -0.1) is 24.9 Å². The lowest BCUT2D eigenvalue weighted by molar-refractivity contribution is -0.266. The number of aromatic nitrogens is 2. The van der Waals surface area contributed by atoms with Gasteiger partial charge < -0.3 is 9.25 Å². The maximum Gasteiger partial charge on any atom is 0.533 e. The van der Waals surface area contributed by atoms with Crippen molar-refractivity contribution in [3.8, 4) is 11.6 Å². The molecule has 0 aliphatic rings. The Kier molecular flexibility index (Phi) is 8.47. The van der Waals surface area contributed by atoms with Gasteiger partial charge in [-0.3, -0.25) is 0 Å². The molecule has 0 radical (unpaired) electrons. The van der Waals surface area contributed by atoms with Gasteiger partial charge in [0.25, 0.3) is 0 Å². The van der Waals surface area contributed by atoms with Crippen molar-refractivity contribution in [1.82, 2.24) is 9.97 Å². The number of hydrogen-bond donors (Lipinski definition) is 0. The van der Waals surface area contributed by atoms with E-state index < -0.39 is 29.0 Å². The zero-order valence-electron chi connectivity index (χ0n) is 18.2. The third kappa shape index (κ3) is 7.27. The topological polar surface area (TPSA) is 104 Å². The second kappa shape index (κ2) is 10.9. The summed E-state index contributed by atoms with van der Waals surface area (Å²) >= 11 is 0.961. The summed E-state index contributed by atoms with van der Waals surface area (Å²) in [4.78, 5) is 12.3. The van der Waals surface area contributed by atoms with E-state index in [1.165, 1.54) is 31.4 Å². The zero-order chi connectivity index (χ0) is 26.7. The molecular weight excluding hydrogens is 560 g/mol. The van der Waals surface area contributed by atoms with Gasteiger partial charge in [0, 0.05) is 28.7 Å². The van der Waals surface area contributed by atoms with Crippen LogP contribution in [0.25, 0.3) is 22.7 Å².